The van der Waals surface area contributed by atoms with Crippen molar-refractivity contribution in [2.75, 3.05) is 0 Å². The highest BCUT2D eigenvalue weighted by Gasteiger charge is 2.23. The molecule has 1 aromatic carbocycles. The number of hydrogen-bond acceptors (Lipinski definition) is 2. The predicted molar refractivity (Wildman–Crippen MR) is 78.1 cm³/mol. The maximum Gasteiger partial charge on any atom is 0.189 e. The summed E-state index contributed by atoms with van der Waals surface area (Å²) in [6, 6.07) is 9.85. The maximum atomic E-state index is 11.8. The van der Waals surface area contributed by atoms with Gasteiger partial charge in [0.25, 0.3) is 0 Å². The first-order valence-electron chi connectivity index (χ1n) is 7.09. The van der Waals surface area contributed by atoms with Crippen LogP contribution in [0.2, 0.25) is 0 Å². The maximum absolute atomic E-state index is 11.8. The van der Waals surface area contributed by atoms with Gasteiger partial charge >= 0.3 is 0 Å². The third-order valence-electron chi connectivity index (χ3n) is 4.34. The van der Waals surface area contributed by atoms with Crippen LogP contribution in [0.25, 0.3) is 10.9 Å². The van der Waals surface area contributed by atoms with Crippen LogP contribution in [0, 0.1) is 5.92 Å². The van der Waals surface area contributed by atoms with Crippen LogP contribution in [-0.4, -0.2) is 10.6 Å². The first-order chi connectivity index (χ1) is 9.25. The number of hydrogen-bond donors (Lipinski definition) is 1. The number of rotatable bonds is 3. The van der Waals surface area contributed by atoms with E-state index in [1.54, 1.807) is 6.07 Å². The molecule has 0 amide bonds. The molecule has 3 nitrogen and oxygen atoms in total. The molecule has 2 N–H and O–H groups in total. The Labute approximate surface area is 113 Å². The minimum atomic E-state index is 0.101. The van der Waals surface area contributed by atoms with Gasteiger partial charge in [0.1, 0.15) is 0 Å². The Bertz CT molecular complexity index is 632. The third kappa shape index (κ3) is 2.43. The third-order valence-corrected chi connectivity index (χ3v) is 4.34. The fourth-order valence-electron chi connectivity index (χ4n) is 3.18. The van der Waals surface area contributed by atoms with E-state index < -0.39 is 0 Å². The van der Waals surface area contributed by atoms with Crippen LogP contribution in [0.3, 0.4) is 0 Å². The van der Waals surface area contributed by atoms with Crippen molar-refractivity contribution in [2.24, 2.45) is 11.7 Å². The molecular formula is C16H20N2O. The summed E-state index contributed by atoms with van der Waals surface area (Å²) in [5, 5.41) is 0.806. The molecule has 0 bridgehead atoms. The summed E-state index contributed by atoms with van der Waals surface area (Å²) < 4.78 is 2.18. The molecule has 2 unspecified atom stereocenters. The SMILES string of the molecule is NC1CCCC1CCn1ccc(=O)c2ccccc21. The predicted octanol–water partition coefficient (Wildman–Crippen LogP) is 2.52. The number of benzene rings is 1. The van der Waals surface area contributed by atoms with Gasteiger partial charge < -0.3 is 10.3 Å². The van der Waals surface area contributed by atoms with Gasteiger partial charge in [-0.3, -0.25) is 4.79 Å². The van der Waals surface area contributed by atoms with E-state index in [1.807, 2.05) is 30.5 Å². The van der Waals surface area contributed by atoms with Gasteiger partial charge in [0.2, 0.25) is 0 Å². The van der Waals surface area contributed by atoms with E-state index in [4.69, 9.17) is 5.73 Å². The lowest BCUT2D eigenvalue weighted by molar-refractivity contribution is 0.418. The van der Waals surface area contributed by atoms with Crippen molar-refractivity contribution >= 4 is 10.9 Å². The lowest BCUT2D eigenvalue weighted by Crippen LogP contribution is -2.25. The van der Waals surface area contributed by atoms with Crippen LogP contribution in [0.1, 0.15) is 25.7 Å². The van der Waals surface area contributed by atoms with Crippen molar-refractivity contribution in [2.45, 2.75) is 38.3 Å². The highest BCUT2D eigenvalue weighted by molar-refractivity contribution is 5.78. The minimum absolute atomic E-state index is 0.101. The molecule has 1 aliphatic carbocycles. The zero-order valence-electron chi connectivity index (χ0n) is 11.1. The van der Waals surface area contributed by atoms with E-state index in [-0.39, 0.29) is 5.43 Å². The van der Waals surface area contributed by atoms with E-state index in [2.05, 4.69) is 4.57 Å². The number of aromatic nitrogens is 1. The Kier molecular flexibility index (Phi) is 3.38. The molecule has 3 rings (SSSR count). The van der Waals surface area contributed by atoms with Crippen LogP contribution in [0.5, 0.6) is 0 Å². The molecule has 1 heterocycles. The number of nitrogens with two attached hydrogens (primary N) is 1. The van der Waals surface area contributed by atoms with Gasteiger partial charge in [-0.1, -0.05) is 18.6 Å². The van der Waals surface area contributed by atoms with Crippen LogP contribution >= 0.6 is 0 Å². The molecule has 0 radical (unpaired) electrons. The second-order valence-corrected chi connectivity index (χ2v) is 5.53. The Balaban J connectivity index is 1.85. The Hall–Kier alpha value is -1.61. The lowest BCUT2D eigenvalue weighted by atomic mass is 10.0. The average molecular weight is 256 g/mol. The Morgan fingerprint density at radius 3 is 2.84 bits per heavy atom. The first kappa shape index (κ1) is 12.4. The van der Waals surface area contributed by atoms with Crippen molar-refractivity contribution in [1.29, 1.82) is 0 Å². The first-order valence-corrected chi connectivity index (χ1v) is 7.09. The summed E-state index contributed by atoms with van der Waals surface area (Å²) in [5.41, 5.74) is 7.25. The monoisotopic (exact) mass is 256 g/mol. The second kappa shape index (κ2) is 5.17. The highest BCUT2D eigenvalue weighted by atomic mass is 16.1. The number of para-hydroxylation sites is 1. The van der Waals surface area contributed by atoms with Crippen LogP contribution in [-0.2, 0) is 6.54 Å². The molecule has 1 fully saturated rings. The zero-order valence-corrected chi connectivity index (χ0v) is 11.1. The molecular weight excluding hydrogens is 236 g/mol. The van der Waals surface area contributed by atoms with Crippen LogP contribution in [0.15, 0.2) is 41.3 Å². The topological polar surface area (TPSA) is 48.0 Å². The summed E-state index contributed by atoms with van der Waals surface area (Å²) in [6.45, 7) is 0.944. The average Bonchev–Trinajstić information content (AvgIpc) is 2.84. The Morgan fingerprint density at radius 2 is 2.05 bits per heavy atom. The summed E-state index contributed by atoms with van der Waals surface area (Å²) in [6.07, 6.45) is 6.69. The van der Waals surface area contributed by atoms with Gasteiger partial charge in [-0.25, -0.2) is 0 Å². The van der Waals surface area contributed by atoms with Crippen molar-refractivity contribution in [1.82, 2.24) is 4.57 Å². The molecule has 0 saturated heterocycles. The van der Waals surface area contributed by atoms with E-state index in [9.17, 15) is 4.79 Å². The highest BCUT2D eigenvalue weighted by Crippen LogP contribution is 2.27. The van der Waals surface area contributed by atoms with Gasteiger partial charge in [0.15, 0.2) is 5.43 Å². The number of fused-ring (bicyclic) bond motifs is 1. The molecule has 19 heavy (non-hydrogen) atoms. The molecule has 1 aliphatic rings. The van der Waals surface area contributed by atoms with Crippen LogP contribution < -0.4 is 11.2 Å². The summed E-state index contributed by atoms with van der Waals surface area (Å²) in [5.74, 6) is 0.637. The number of pyridine rings is 1. The molecule has 2 aromatic rings. The van der Waals surface area contributed by atoms with Crippen molar-refractivity contribution in [3.8, 4) is 0 Å². The van der Waals surface area contributed by atoms with E-state index >= 15 is 0 Å². The van der Waals surface area contributed by atoms with Crippen molar-refractivity contribution in [3.05, 3.63) is 46.8 Å². The molecule has 0 spiro atoms. The van der Waals surface area contributed by atoms with Crippen LogP contribution in [0.4, 0.5) is 0 Å². The fraction of sp³-hybridized carbons (Fsp3) is 0.438. The summed E-state index contributed by atoms with van der Waals surface area (Å²) >= 11 is 0. The largest absolute Gasteiger partial charge is 0.347 e. The van der Waals surface area contributed by atoms with Gasteiger partial charge in [0.05, 0.1) is 5.52 Å². The Morgan fingerprint density at radius 1 is 1.21 bits per heavy atom. The van der Waals surface area contributed by atoms with Gasteiger partial charge in [-0.2, -0.15) is 0 Å². The molecule has 2 atom stereocenters. The molecule has 3 heteroatoms. The van der Waals surface area contributed by atoms with Gasteiger partial charge in [-0.15, -0.1) is 0 Å². The zero-order chi connectivity index (χ0) is 13.2. The summed E-state index contributed by atoms with van der Waals surface area (Å²) in [7, 11) is 0. The van der Waals surface area contributed by atoms with Crippen molar-refractivity contribution < 1.29 is 0 Å². The molecule has 1 aromatic heterocycles. The molecule has 100 valence electrons. The molecule has 1 saturated carbocycles. The lowest BCUT2D eigenvalue weighted by Gasteiger charge is -2.17. The number of aryl methyl sites for hydroxylation is 1. The quantitative estimate of drug-likeness (QED) is 0.917. The van der Waals surface area contributed by atoms with Gasteiger partial charge in [-0.05, 0) is 37.3 Å². The molecule has 0 aliphatic heterocycles. The van der Waals surface area contributed by atoms with Gasteiger partial charge in [0, 0.05) is 30.2 Å². The smallest absolute Gasteiger partial charge is 0.189 e. The fourth-order valence-corrected chi connectivity index (χ4v) is 3.18. The standard InChI is InChI=1S/C16H20N2O/c17-14-6-3-4-12(14)8-10-18-11-9-16(19)13-5-1-2-7-15(13)18/h1-2,5,7,9,11-12,14H,3-4,6,8,10,17H2. The second-order valence-electron chi connectivity index (χ2n) is 5.53. The van der Waals surface area contributed by atoms with Crippen molar-refractivity contribution in [3.63, 3.8) is 0 Å². The van der Waals surface area contributed by atoms with E-state index in [0.29, 0.717) is 12.0 Å². The summed E-state index contributed by atoms with van der Waals surface area (Å²) in [4.78, 5) is 11.8. The minimum Gasteiger partial charge on any atom is -0.347 e. The number of nitrogens with zero attached hydrogens (tertiary/aromatic N) is 1. The van der Waals surface area contributed by atoms with E-state index in [1.165, 1.54) is 12.8 Å². The normalized spacial score (nSPS) is 23.0. The van der Waals surface area contributed by atoms with E-state index in [0.717, 1.165) is 30.3 Å².